The third-order valence-electron chi connectivity index (χ3n) is 5.10. The van der Waals surface area contributed by atoms with Gasteiger partial charge in [-0.25, -0.2) is 4.98 Å². The highest BCUT2D eigenvalue weighted by molar-refractivity contribution is 5.93. The number of hydrogen-bond donors (Lipinski definition) is 0. The van der Waals surface area contributed by atoms with Crippen LogP contribution in [0.2, 0.25) is 0 Å². The number of hydrogen-bond acceptors (Lipinski definition) is 3. The molecule has 0 N–H and O–H groups in total. The number of rotatable bonds is 5. The van der Waals surface area contributed by atoms with Crippen molar-refractivity contribution in [3.05, 3.63) is 41.3 Å². The number of carbonyl (C=O) groups is 1. The van der Waals surface area contributed by atoms with Crippen molar-refractivity contribution < 1.29 is 4.79 Å². The fourth-order valence-electron chi connectivity index (χ4n) is 3.71. The molecule has 2 heterocycles. The van der Waals surface area contributed by atoms with Crippen LogP contribution in [0, 0.1) is 13.8 Å². The zero-order chi connectivity index (χ0) is 17.1. The Bertz CT molecular complexity index is 702. The summed E-state index contributed by atoms with van der Waals surface area (Å²) in [6.07, 6.45) is 7.55. The van der Waals surface area contributed by atoms with Crippen LogP contribution < -0.4 is 4.90 Å². The van der Waals surface area contributed by atoms with E-state index in [0.29, 0.717) is 12.5 Å². The molecule has 5 heteroatoms. The van der Waals surface area contributed by atoms with Crippen LogP contribution in [-0.2, 0) is 18.3 Å². The van der Waals surface area contributed by atoms with Crippen molar-refractivity contribution in [3.8, 4) is 0 Å². The predicted octanol–water partition coefficient (Wildman–Crippen LogP) is 3.34. The van der Waals surface area contributed by atoms with Crippen LogP contribution in [0.4, 0.5) is 5.82 Å². The van der Waals surface area contributed by atoms with Gasteiger partial charge < -0.3 is 0 Å². The molecule has 0 aromatic carbocycles. The van der Waals surface area contributed by atoms with Gasteiger partial charge in [0.25, 0.3) is 0 Å². The van der Waals surface area contributed by atoms with E-state index in [1.807, 2.05) is 41.8 Å². The molecule has 0 spiro atoms. The number of pyridine rings is 1. The lowest BCUT2D eigenvalue weighted by Gasteiger charge is -2.28. The molecule has 1 amide bonds. The molecule has 1 fully saturated rings. The molecule has 1 aliphatic carbocycles. The van der Waals surface area contributed by atoms with Gasteiger partial charge in [0, 0.05) is 31.4 Å². The second kappa shape index (κ2) is 7.16. The van der Waals surface area contributed by atoms with Crippen molar-refractivity contribution in [2.45, 2.75) is 58.4 Å². The van der Waals surface area contributed by atoms with Crippen molar-refractivity contribution in [2.75, 3.05) is 4.90 Å². The number of anilines is 1. The van der Waals surface area contributed by atoms with Gasteiger partial charge in [0.15, 0.2) is 0 Å². The molecular formula is C19H26N4O. The minimum atomic E-state index is 0.170. The summed E-state index contributed by atoms with van der Waals surface area (Å²) in [6, 6.07) is 6.08. The van der Waals surface area contributed by atoms with Crippen molar-refractivity contribution in [3.63, 3.8) is 0 Å². The van der Waals surface area contributed by atoms with Gasteiger partial charge in [0.1, 0.15) is 5.82 Å². The van der Waals surface area contributed by atoms with E-state index in [4.69, 9.17) is 0 Å². The van der Waals surface area contributed by atoms with E-state index in [0.717, 1.165) is 36.5 Å². The SMILES string of the molecule is Cc1nn(C)c(C)c1CCC(=O)N(c1ccccn1)C1CCCC1. The molecule has 0 bridgehead atoms. The molecule has 1 saturated carbocycles. The molecule has 0 atom stereocenters. The smallest absolute Gasteiger partial charge is 0.228 e. The highest BCUT2D eigenvalue weighted by atomic mass is 16.2. The van der Waals surface area contributed by atoms with Crippen LogP contribution in [-0.4, -0.2) is 26.7 Å². The molecule has 0 aliphatic heterocycles. The van der Waals surface area contributed by atoms with E-state index >= 15 is 0 Å². The average Bonchev–Trinajstić information content (AvgIpc) is 3.17. The maximum Gasteiger partial charge on any atom is 0.228 e. The zero-order valence-electron chi connectivity index (χ0n) is 14.8. The van der Waals surface area contributed by atoms with E-state index in [1.54, 1.807) is 6.20 Å². The highest BCUT2D eigenvalue weighted by Crippen LogP contribution is 2.28. The summed E-state index contributed by atoms with van der Waals surface area (Å²) in [6.45, 7) is 4.08. The van der Waals surface area contributed by atoms with Crippen LogP contribution in [0.1, 0.15) is 49.1 Å². The fraction of sp³-hybridized carbons (Fsp3) is 0.526. The lowest BCUT2D eigenvalue weighted by Crippen LogP contribution is -2.39. The number of nitrogens with zero attached hydrogens (tertiary/aromatic N) is 4. The first-order valence-corrected chi connectivity index (χ1v) is 8.80. The number of aryl methyl sites for hydroxylation is 2. The molecule has 24 heavy (non-hydrogen) atoms. The van der Waals surface area contributed by atoms with E-state index in [-0.39, 0.29) is 5.91 Å². The van der Waals surface area contributed by atoms with Crippen LogP contribution in [0.5, 0.6) is 0 Å². The highest BCUT2D eigenvalue weighted by Gasteiger charge is 2.28. The van der Waals surface area contributed by atoms with Gasteiger partial charge in [0.2, 0.25) is 5.91 Å². The third kappa shape index (κ3) is 3.35. The van der Waals surface area contributed by atoms with Crippen LogP contribution in [0.15, 0.2) is 24.4 Å². The van der Waals surface area contributed by atoms with Crippen molar-refractivity contribution in [1.82, 2.24) is 14.8 Å². The Morgan fingerprint density at radius 3 is 2.62 bits per heavy atom. The molecule has 2 aromatic heterocycles. The van der Waals surface area contributed by atoms with Crippen LogP contribution in [0.3, 0.4) is 0 Å². The Morgan fingerprint density at radius 1 is 1.29 bits per heavy atom. The summed E-state index contributed by atoms with van der Waals surface area (Å²) in [5.41, 5.74) is 3.36. The molecule has 1 aliphatic rings. The number of carbonyl (C=O) groups excluding carboxylic acids is 1. The average molecular weight is 326 g/mol. The molecule has 128 valence electrons. The zero-order valence-corrected chi connectivity index (χ0v) is 14.8. The Labute approximate surface area is 143 Å². The predicted molar refractivity (Wildman–Crippen MR) is 95.0 cm³/mol. The summed E-state index contributed by atoms with van der Waals surface area (Å²) in [4.78, 5) is 19.4. The minimum absolute atomic E-state index is 0.170. The fourth-order valence-corrected chi connectivity index (χ4v) is 3.71. The molecule has 0 radical (unpaired) electrons. The summed E-state index contributed by atoms with van der Waals surface area (Å²) < 4.78 is 1.89. The topological polar surface area (TPSA) is 51.0 Å². The van der Waals surface area contributed by atoms with Gasteiger partial charge in [-0.15, -0.1) is 0 Å². The Morgan fingerprint density at radius 2 is 2.04 bits per heavy atom. The summed E-state index contributed by atoms with van der Waals surface area (Å²) >= 11 is 0. The minimum Gasteiger partial charge on any atom is -0.294 e. The van der Waals surface area contributed by atoms with Gasteiger partial charge in [-0.2, -0.15) is 5.10 Å². The van der Waals surface area contributed by atoms with Gasteiger partial charge >= 0.3 is 0 Å². The monoisotopic (exact) mass is 326 g/mol. The summed E-state index contributed by atoms with van der Waals surface area (Å²) in [5, 5.41) is 4.45. The van der Waals surface area contributed by atoms with Gasteiger partial charge in [0.05, 0.1) is 5.69 Å². The molecule has 3 rings (SSSR count). The molecule has 0 unspecified atom stereocenters. The number of aromatic nitrogens is 3. The molecule has 0 saturated heterocycles. The van der Waals surface area contributed by atoms with Crippen molar-refractivity contribution in [1.29, 1.82) is 0 Å². The lowest BCUT2D eigenvalue weighted by molar-refractivity contribution is -0.119. The summed E-state index contributed by atoms with van der Waals surface area (Å²) in [7, 11) is 1.95. The lowest BCUT2D eigenvalue weighted by atomic mass is 10.1. The second-order valence-electron chi connectivity index (χ2n) is 6.66. The normalized spacial score (nSPS) is 15.0. The summed E-state index contributed by atoms with van der Waals surface area (Å²) in [5.74, 6) is 0.956. The van der Waals surface area contributed by atoms with Crippen LogP contribution in [0.25, 0.3) is 0 Å². The first-order chi connectivity index (χ1) is 11.6. The van der Waals surface area contributed by atoms with Gasteiger partial charge in [-0.3, -0.25) is 14.4 Å². The van der Waals surface area contributed by atoms with Gasteiger partial charge in [-0.05, 0) is 50.8 Å². The molecular weight excluding hydrogens is 300 g/mol. The van der Waals surface area contributed by atoms with Crippen molar-refractivity contribution >= 4 is 11.7 Å². The Kier molecular flexibility index (Phi) is 4.97. The second-order valence-corrected chi connectivity index (χ2v) is 6.66. The van der Waals surface area contributed by atoms with Gasteiger partial charge in [-0.1, -0.05) is 18.9 Å². The largest absolute Gasteiger partial charge is 0.294 e. The third-order valence-corrected chi connectivity index (χ3v) is 5.10. The van der Waals surface area contributed by atoms with E-state index in [2.05, 4.69) is 17.0 Å². The van der Waals surface area contributed by atoms with E-state index in [9.17, 15) is 4.79 Å². The quantitative estimate of drug-likeness (QED) is 0.847. The van der Waals surface area contributed by atoms with Crippen LogP contribution >= 0.6 is 0 Å². The maximum atomic E-state index is 13.0. The van der Waals surface area contributed by atoms with E-state index in [1.165, 1.54) is 18.4 Å². The Hall–Kier alpha value is -2.17. The first kappa shape index (κ1) is 16.7. The molecule has 2 aromatic rings. The first-order valence-electron chi connectivity index (χ1n) is 8.80. The van der Waals surface area contributed by atoms with Crippen molar-refractivity contribution in [2.24, 2.45) is 7.05 Å². The Balaban J connectivity index is 1.76. The standard InChI is InChI=1S/C19H26N4O/c1-14-17(15(2)22(3)21-14)11-12-19(24)23(16-8-4-5-9-16)18-10-6-7-13-20-18/h6-7,10,13,16H,4-5,8-9,11-12H2,1-3H3. The maximum absolute atomic E-state index is 13.0. The molecule has 5 nitrogen and oxygen atoms in total. The van der Waals surface area contributed by atoms with E-state index < -0.39 is 0 Å². The number of amides is 1.